The average molecular weight is 383 g/mol. The Bertz CT molecular complexity index is 1060. The molecule has 1 aromatic heterocycles. The highest BCUT2D eigenvalue weighted by molar-refractivity contribution is 5.96. The summed E-state index contributed by atoms with van der Waals surface area (Å²) in [6.45, 7) is 0.386. The Labute approximate surface area is 159 Å². The number of H-pyrrole nitrogens is 1. The first-order valence-corrected chi connectivity index (χ1v) is 8.97. The van der Waals surface area contributed by atoms with Gasteiger partial charge in [0.1, 0.15) is 17.3 Å². The summed E-state index contributed by atoms with van der Waals surface area (Å²) in [4.78, 5) is 30.4. The zero-order chi connectivity index (χ0) is 19.7. The highest BCUT2D eigenvalue weighted by atomic mass is 19.1. The van der Waals surface area contributed by atoms with Crippen molar-refractivity contribution in [3.63, 3.8) is 0 Å². The van der Waals surface area contributed by atoms with E-state index < -0.39 is 4.92 Å². The van der Waals surface area contributed by atoms with Gasteiger partial charge in [0.05, 0.1) is 16.0 Å². The van der Waals surface area contributed by atoms with Crippen LogP contribution in [-0.2, 0) is 6.42 Å². The molecule has 0 saturated heterocycles. The summed E-state index contributed by atoms with van der Waals surface area (Å²) in [5.74, 6) is 0.00473. The van der Waals surface area contributed by atoms with E-state index in [0.29, 0.717) is 35.5 Å². The number of nitrogens with zero attached hydrogens (tertiary/aromatic N) is 2. The maximum absolute atomic E-state index is 13.2. The number of nitrogens with one attached hydrogen (secondary N) is 3. The first-order valence-electron chi connectivity index (χ1n) is 8.97. The molecule has 1 fully saturated rings. The van der Waals surface area contributed by atoms with Crippen LogP contribution in [0.2, 0.25) is 0 Å². The lowest BCUT2D eigenvalue weighted by Gasteiger charge is -2.08. The van der Waals surface area contributed by atoms with Gasteiger partial charge in [-0.3, -0.25) is 14.9 Å². The Kier molecular flexibility index (Phi) is 4.64. The molecule has 1 heterocycles. The summed E-state index contributed by atoms with van der Waals surface area (Å²) in [6, 6.07) is 8.87. The summed E-state index contributed by atoms with van der Waals surface area (Å²) in [7, 11) is 0. The zero-order valence-corrected chi connectivity index (χ0v) is 14.9. The number of imidazole rings is 1. The maximum Gasteiger partial charge on any atom is 0.293 e. The van der Waals surface area contributed by atoms with Crippen molar-refractivity contribution in [2.24, 2.45) is 0 Å². The number of halogens is 1. The van der Waals surface area contributed by atoms with Crippen LogP contribution < -0.4 is 10.6 Å². The molecule has 4 rings (SSSR count). The van der Waals surface area contributed by atoms with Crippen molar-refractivity contribution in [1.82, 2.24) is 15.3 Å². The van der Waals surface area contributed by atoms with E-state index in [4.69, 9.17) is 0 Å². The molecule has 0 spiro atoms. The Balaban J connectivity index is 1.44. The van der Waals surface area contributed by atoms with Crippen molar-refractivity contribution < 1.29 is 14.1 Å². The number of hydrogen-bond donors (Lipinski definition) is 3. The van der Waals surface area contributed by atoms with Gasteiger partial charge in [-0.15, -0.1) is 0 Å². The van der Waals surface area contributed by atoms with Crippen LogP contribution in [0.5, 0.6) is 0 Å². The van der Waals surface area contributed by atoms with E-state index >= 15 is 0 Å². The number of aromatic amines is 1. The van der Waals surface area contributed by atoms with Crippen LogP contribution in [0.3, 0.4) is 0 Å². The van der Waals surface area contributed by atoms with E-state index in [0.717, 1.165) is 12.8 Å². The predicted octanol–water partition coefficient (Wildman–Crippen LogP) is 3.16. The molecule has 1 aliphatic rings. The SMILES string of the molecule is O=C(NC1CC1)c1ccc(NCCc2nc3ccc(F)cc3[nH]2)c([N+](=O)[O-])c1. The van der Waals surface area contributed by atoms with Crippen LogP contribution in [0.1, 0.15) is 29.0 Å². The number of nitro benzene ring substituents is 1. The molecule has 144 valence electrons. The molecular weight excluding hydrogens is 365 g/mol. The van der Waals surface area contributed by atoms with Crippen LogP contribution in [0.25, 0.3) is 11.0 Å². The molecule has 9 heteroatoms. The lowest BCUT2D eigenvalue weighted by atomic mass is 10.1. The third kappa shape index (κ3) is 3.93. The molecule has 0 aliphatic heterocycles. The fourth-order valence-corrected chi connectivity index (χ4v) is 2.94. The number of carbonyl (C=O) groups is 1. The Morgan fingerprint density at radius 2 is 2.11 bits per heavy atom. The topological polar surface area (TPSA) is 113 Å². The first-order chi connectivity index (χ1) is 13.5. The number of nitro groups is 1. The van der Waals surface area contributed by atoms with Crippen molar-refractivity contribution in [2.75, 3.05) is 11.9 Å². The van der Waals surface area contributed by atoms with Crippen molar-refractivity contribution in [1.29, 1.82) is 0 Å². The molecule has 0 radical (unpaired) electrons. The third-order valence-electron chi connectivity index (χ3n) is 4.54. The molecule has 8 nitrogen and oxygen atoms in total. The Morgan fingerprint density at radius 1 is 1.29 bits per heavy atom. The largest absolute Gasteiger partial charge is 0.379 e. The van der Waals surface area contributed by atoms with Crippen LogP contribution in [0.4, 0.5) is 15.8 Å². The molecule has 3 aromatic rings. The third-order valence-corrected chi connectivity index (χ3v) is 4.54. The standard InChI is InChI=1S/C19H18FN5O3/c20-12-2-6-14-16(10-12)24-18(23-14)7-8-21-15-5-1-11(9-17(15)25(27)28)19(26)22-13-3-4-13/h1-2,5-6,9-10,13,21H,3-4,7-8H2,(H,22,26)(H,23,24). The van der Waals surface area contributed by atoms with Gasteiger partial charge in [0.2, 0.25) is 0 Å². The predicted molar refractivity (Wildman–Crippen MR) is 102 cm³/mol. The number of amides is 1. The maximum atomic E-state index is 13.2. The Morgan fingerprint density at radius 3 is 2.86 bits per heavy atom. The number of aromatic nitrogens is 2. The molecule has 28 heavy (non-hydrogen) atoms. The number of benzene rings is 2. The van der Waals surface area contributed by atoms with Crippen molar-refractivity contribution >= 4 is 28.3 Å². The van der Waals surface area contributed by atoms with Crippen molar-refractivity contribution in [3.8, 4) is 0 Å². The minimum absolute atomic E-state index is 0.157. The average Bonchev–Trinajstić information content (AvgIpc) is 3.38. The second-order valence-corrected chi connectivity index (χ2v) is 6.76. The molecule has 1 aliphatic carbocycles. The normalized spacial score (nSPS) is 13.5. The van der Waals surface area contributed by atoms with Gasteiger partial charge in [-0.25, -0.2) is 9.37 Å². The molecule has 2 aromatic carbocycles. The fourth-order valence-electron chi connectivity index (χ4n) is 2.94. The van der Waals surface area contributed by atoms with E-state index in [9.17, 15) is 19.3 Å². The molecule has 3 N–H and O–H groups in total. The number of rotatable bonds is 7. The molecule has 0 bridgehead atoms. The summed E-state index contributed by atoms with van der Waals surface area (Å²) in [5.41, 5.74) is 1.70. The first kappa shape index (κ1) is 17.9. The lowest BCUT2D eigenvalue weighted by molar-refractivity contribution is -0.384. The van der Waals surface area contributed by atoms with E-state index in [-0.39, 0.29) is 29.0 Å². The monoisotopic (exact) mass is 383 g/mol. The van der Waals surface area contributed by atoms with Crippen molar-refractivity contribution in [3.05, 3.63) is 63.7 Å². The van der Waals surface area contributed by atoms with E-state index in [1.807, 2.05) is 0 Å². The molecule has 1 saturated carbocycles. The van der Waals surface area contributed by atoms with E-state index in [1.165, 1.54) is 24.3 Å². The highest BCUT2D eigenvalue weighted by Crippen LogP contribution is 2.26. The summed E-state index contributed by atoms with van der Waals surface area (Å²) in [6.07, 6.45) is 2.36. The van der Waals surface area contributed by atoms with Gasteiger partial charge in [-0.2, -0.15) is 0 Å². The quantitative estimate of drug-likeness (QED) is 0.428. The molecule has 0 atom stereocenters. The molecule has 0 unspecified atom stereocenters. The lowest BCUT2D eigenvalue weighted by Crippen LogP contribution is -2.25. The van der Waals surface area contributed by atoms with Crippen LogP contribution >= 0.6 is 0 Å². The van der Waals surface area contributed by atoms with Gasteiger partial charge < -0.3 is 15.6 Å². The molecular formula is C19H18FN5O3. The molecule has 1 amide bonds. The minimum Gasteiger partial charge on any atom is -0.379 e. The number of anilines is 1. The zero-order valence-electron chi connectivity index (χ0n) is 14.9. The second-order valence-electron chi connectivity index (χ2n) is 6.76. The minimum atomic E-state index is -0.514. The number of hydrogen-bond acceptors (Lipinski definition) is 5. The number of fused-ring (bicyclic) bond motifs is 1. The number of carbonyl (C=O) groups excluding carboxylic acids is 1. The highest BCUT2D eigenvalue weighted by Gasteiger charge is 2.25. The van der Waals surface area contributed by atoms with Gasteiger partial charge >= 0.3 is 0 Å². The van der Waals surface area contributed by atoms with Gasteiger partial charge in [0.15, 0.2) is 0 Å². The fraction of sp³-hybridized carbons (Fsp3) is 0.263. The Hall–Kier alpha value is -3.49. The van der Waals surface area contributed by atoms with E-state index in [1.54, 1.807) is 12.1 Å². The van der Waals surface area contributed by atoms with Gasteiger partial charge in [0, 0.05) is 30.6 Å². The summed E-state index contributed by atoms with van der Waals surface area (Å²) in [5, 5.41) is 17.2. The summed E-state index contributed by atoms with van der Waals surface area (Å²) >= 11 is 0. The van der Waals surface area contributed by atoms with Gasteiger partial charge in [-0.1, -0.05) is 0 Å². The van der Waals surface area contributed by atoms with E-state index in [2.05, 4.69) is 20.6 Å². The second kappa shape index (κ2) is 7.26. The van der Waals surface area contributed by atoms with Gasteiger partial charge in [0.25, 0.3) is 11.6 Å². The van der Waals surface area contributed by atoms with Crippen LogP contribution in [0, 0.1) is 15.9 Å². The van der Waals surface area contributed by atoms with Crippen LogP contribution in [-0.4, -0.2) is 33.4 Å². The summed E-state index contributed by atoms with van der Waals surface area (Å²) < 4.78 is 13.2. The van der Waals surface area contributed by atoms with Crippen molar-refractivity contribution in [2.45, 2.75) is 25.3 Å². The smallest absolute Gasteiger partial charge is 0.293 e. The van der Waals surface area contributed by atoms with Gasteiger partial charge in [-0.05, 0) is 43.2 Å². The van der Waals surface area contributed by atoms with Crippen LogP contribution in [0.15, 0.2) is 36.4 Å².